The van der Waals surface area contributed by atoms with Gasteiger partial charge in [-0.3, -0.25) is 9.78 Å². The van der Waals surface area contributed by atoms with Crippen LogP contribution in [0.3, 0.4) is 0 Å². The Hall–Kier alpha value is -3.55. The zero-order valence-electron chi connectivity index (χ0n) is 14.6. The van der Waals surface area contributed by atoms with Gasteiger partial charge in [0.25, 0.3) is 0 Å². The first-order valence-electron chi connectivity index (χ1n) is 8.32. The molecule has 4 aromatic rings. The number of nitrogens with zero attached hydrogens (tertiary/aromatic N) is 4. The zero-order chi connectivity index (χ0) is 19.9. The fourth-order valence-corrected chi connectivity index (χ4v) is 2.88. The van der Waals surface area contributed by atoms with E-state index < -0.39 is 11.7 Å². The Balaban J connectivity index is 1.82. The second-order valence-corrected chi connectivity index (χ2v) is 6.22. The van der Waals surface area contributed by atoms with Crippen molar-refractivity contribution < 1.29 is 18.0 Å². The lowest BCUT2D eigenvalue weighted by Gasteiger charge is -2.10. The molecule has 0 amide bonds. The molecule has 3 heterocycles. The van der Waals surface area contributed by atoms with Crippen LogP contribution in [-0.2, 0) is 6.18 Å². The molecule has 0 aliphatic carbocycles. The summed E-state index contributed by atoms with van der Waals surface area (Å²) in [5.74, 6) is -0.309. The van der Waals surface area contributed by atoms with Crippen LogP contribution in [0.4, 0.5) is 13.2 Å². The van der Waals surface area contributed by atoms with Crippen LogP contribution in [0.5, 0.6) is 0 Å². The molecule has 0 bridgehead atoms. The van der Waals surface area contributed by atoms with Crippen molar-refractivity contribution in [3.8, 4) is 11.3 Å². The van der Waals surface area contributed by atoms with Crippen molar-refractivity contribution in [2.75, 3.05) is 0 Å². The van der Waals surface area contributed by atoms with Crippen LogP contribution in [0.1, 0.15) is 27.2 Å². The lowest BCUT2D eigenvalue weighted by Crippen LogP contribution is -2.05. The number of carbonyl (C=O) groups is 1. The maximum absolute atomic E-state index is 13.0. The van der Waals surface area contributed by atoms with Crippen molar-refractivity contribution in [3.63, 3.8) is 0 Å². The number of fused-ring (bicyclic) bond motifs is 1. The van der Waals surface area contributed by atoms with Gasteiger partial charge in [-0.25, -0.2) is 9.50 Å². The second-order valence-electron chi connectivity index (χ2n) is 6.22. The standard InChI is InChI=1S/C20H13F3N4O/c1-12-5-6-14(10-25-12)18(28)16-11-26-27-17(7-8-24-19(16)27)13-3-2-4-15(9-13)20(21,22)23/h2-11H,1H3. The molecule has 1 aromatic carbocycles. The van der Waals surface area contributed by atoms with Crippen LogP contribution in [0.15, 0.2) is 61.1 Å². The predicted octanol–water partition coefficient (Wildman–Crippen LogP) is 4.35. The number of rotatable bonds is 3. The normalized spacial score (nSPS) is 11.7. The van der Waals surface area contributed by atoms with Gasteiger partial charge in [-0.2, -0.15) is 18.3 Å². The van der Waals surface area contributed by atoms with Crippen LogP contribution in [0.2, 0.25) is 0 Å². The van der Waals surface area contributed by atoms with E-state index in [2.05, 4.69) is 15.1 Å². The minimum atomic E-state index is -4.45. The summed E-state index contributed by atoms with van der Waals surface area (Å²) < 4.78 is 40.5. The summed E-state index contributed by atoms with van der Waals surface area (Å²) in [5.41, 5.74) is 1.63. The van der Waals surface area contributed by atoms with Crippen molar-refractivity contribution in [2.45, 2.75) is 13.1 Å². The molecule has 0 saturated heterocycles. The summed E-state index contributed by atoms with van der Waals surface area (Å²) in [6.45, 7) is 1.81. The molecule has 4 rings (SSSR count). The van der Waals surface area contributed by atoms with Crippen LogP contribution in [0, 0.1) is 6.92 Å². The molecule has 0 fully saturated rings. The van der Waals surface area contributed by atoms with E-state index in [0.29, 0.717) is 16.8 Å². The molecule has 28 heavy (non-hydrogen) atoms. The third-order valence-electron chi connectivity index (χ3n) is 4.31. The van der Waals surface area contributed by atoms with Gasteiger partial charge in [0.2, 0.25) is 0 Å². The number of alkyl halides is 3. The third kappa shape index (κ3) is 3.13. The fraction of sp³-hybridized carbons (Fsp3) is 0.100. The fourth-order valence-electron chi connectivity index (χ4n) is 2.88. The summed E-state index contributed by atoms with van der Waals surface area (Å²) in [6, 6.07) is 9.86. The maximum Gasteiger partial charge on any atom is 0.416 e. The van der Waals surface area contributed by atoms with Crippen LogP contribution < -0.4 is 0 Å². The van der Waals surface area contributed by atoms with Crippen molar-refractivity contribution in [3.05, 3.63) is 83.4 Å². The summed E-state index contributed by atoms with van der Waals surface area (Å²) in [5, 5.41) is 4.18. The highest BCUT2D eigenvalue weighted by atomic mass is 19.4. The average molecular weight is 382 g/mol. The van der Waals surface area contributed by atoms with Crippen molar-refractivity contribution >= 4 is 11.4 Å². The lowest BCUT2D eigenvalue weighted by atomic mass is 10.1. The van der Waals surface area contributed by atoms with E-state index in [0.717, 1.165) is 17.8 Å². The molecular weight excluding hydrogens is 369 g/mol. The number of hydrogen-bond donors (Lipinski definition) is 0. The topological polar surface area (TPSA) is 60.2 Å². The highest BCUT2D eigenvalue weighted by Crippen LogP contribution is 2.32. The number of benzene rings is 1. The molecule has 0 atom stereocenters. The van der Waals surface area contributed by atoms with Gasteiger partial charge >= 0.3 is 6.18 Å². The first-order valence-corrected chi connectivity index (χ1v) is 8.32. The van der Waals surface area contributed by atoms with E-state index in [-0.39, 0.29) is 17.0 Å². The van der Waals surface area contributed by atoms with E-state index in [1.54, 1.807) is 24.3 Å². The van der Waals surface area contributed by atoms with Gasteiger partial charge in [0.05, 0.1) is 23.0 Å². The van der Waals surface area contributed by atoms with Crippen molar-refractivity contribution in [1.82, 2.24) is 19.6 Å². The van der Waals surface area contributed by atoms with Crippen LogP contribution in [0.25, 0.3) is 16.9 Å². The van der Waals surface area contributed by atoms with Crippen molar-refractivity contribution in [2.24, 2.45) is 0 Å². The molecule has 0 aliphatic rings. The van der Waals surface area contributed by atoms with E-state index in [1.165, 1.54) is 29.2 Å². The summed E-state index contributed by atoms with van der Waals surface area (Å²) in [6.07, 6.45) is -0.178. The predicted molar refractivity (Wildman–Crippen MR) is 95.8 cm³/mol. The van der Waals surface area contributed by atoms with E-state index in [9.17, 15) is 18.0 Å². The van der Waals surface area contributed by atoms with E-state index in [1.807, 2.05) is 6.92 Å². The highest BCUT2D eigenvalue weighted by Gasteiger charge is 2.30. The Bertz CT molecular complexity index is 1180. The molecule has 0 unspecified atom stereocenters. The molecular formula is C20H13F3N4O. The minimum absolute atomic E-state index is 0.250. The van der Waals surface area contributed by atoms with E-state index in [4.69, 9.17) is 0 Å². The molecule has 0 spiro atoms. The van der Waals surface area contributed by atoms with Gasteiger partial charge in [0, 0.05) is 29.2 Å². The summed E-state index contributed by atoms with van der Waals surface area (Å²) >= 11 is 0. The molecule has 8 heteroatoms. The van der Waals surface area contributed by atoms with Crippen LogP contribution in [-0.4, -0.2) is 25.4 Å². The average Bonchev–Trinajstić information content (AvgIpc) is 3.11. The molecule has 5 nitrogen and oxygen atoms in total. The monoisotopic (exact) mass is 382 g/mol. The lowest BCUT2D eigenvalue weighted by molar-refractivity contribution is -0.137. The van der Waals surface area contributed by atoms with Gasteiger partial charge in [-0.1, -0.05) is 12.1 Å². The van der Waals surface area contributed by atoms with Crippen LogP contribution >= 0.6 is 0 Å². The molecule has 0 aliphatic heterocycles. The third-order valence-corrected chi connectivity index (χ3v) is 4.31. The number of aromatic nitrogens is 4. The van der Waals surface area contributed by atoms with Gasteiger partial charge in [-0.15, -0.1) is 0 Å². The Labute approximate surface area is 157 Å². The second kappa shape index (κ2) is 6.56. The molecule has 0 radical (unpaired) electrons. The number of ketones is 1. The van der Waals surface area contributed by atoms with Gasteiger partial charge in [0.15, 0.2) is 11.4 Å². The van der Waals surface area contributed by atoms with Gasteiger partial charge in [-0.05, 0) is 37.3 Å². The number of halogens is 3. The van der Waals surface area contributed by atoms with E-state index >= 15 is 0 Å². The molecule has 0 N–H and O–H groups in total. The Morgan fingerprint density at radius 1 is 1.04 bits per heavy atom. The molecule has 0 saturated carbocycles. The number of hydrogen-bond acceptors (Lipinski definition) is 4. The number of carbonyl (C=O) groups excluding carboxylic acids is 1. The number of aryl methyl sites for hydroxylation is 1. The SMILES string of the molecule is Cc1ccc(C(=O)c2cnn3c(-c4cccc(C(F)(F)F)c4)ccnc23)cn1. The zero-order valence-corrected chi connectivity index (χ0v) is 14.6. The minimum Gasteiger partial charge on any atom is -0.288 e. The Morgan fingerprint density at radius 2 is 1.86 bits per heavy atom. The van der Waals surface area contributed by atoms with Gasteiger partial charge < -0.3 is 0 Å². The Morgan fingerprint density at radius 3 is 2.57 bits per heavy atom. The first-order chi connectivity index (χ1) is 13.3. The maximum atomic E-state index is 13.0. The molecule has 3 aromatic heterocycles. The number of pyridine rings is 1. The molecule has 140 valence electrons. The van der Waals surface area contributed by atoms with Crippen molar-refractivity contribution in [1.29, 1.82) is 0 Å². The summed E-state index contributed by atoms with van der Waals surface area (Å²) in [7, 11) is 0. The highest BCUT2D eigenvalue weighted by molar-refractivity contribution is 6.12. The smallest absolute Gasteiger partial charge is 0.288 e. The quantitative estimate of drug-likeness (QED) is 0.494. The van der Waals surface area contributed by atoms with Gasteiger partial charge in [0.1, 0.15) is 0 Å². The largest absolute Gasteiger partial charge is 0.416 e. The first kappa shape index (κ1) is 17.8. The summed E-state index contributed by atoms with van der Waals surface area (Å²) in [4.78, 5) is 21.1. The Kier molecular flexibility index (Phi) is 4.18.